The van der Waals surface area contributed by atoms with Crippen molar-refractivity contribution < 1.29 is 22.8 Å². The van der Waals surface area contributed by atoms with E-state index in [1.165, 1.54) is 17.0 Å². The average molecular weight is 454 g/mol. The number of carbonyl (C=O) groups is 2. The van der Waals surface area contributed by atoms with Gasteiger partial charge in [-0.3, -0.25) is 14.5 Å². The zero-order chi connectivity index (χ0) is 21.6. The van der Waals surface area contributed by atoms with Crippen molar-refractivity contribution in [2.75, 3.05) is 4.90 Å². The van der Waals surface area contributed by atoms with E-state index in [0.29, 0.717) is 51.8 Å². The third-order valence-corrected chi connectivity index (χ3v) is 5.86. The van der Waals surface area contributed by atoms with Gasteiger partial charge in [-0.05, 0) is 48.7 Å². The maximum atomic E-state index is 13.1. The van der Waals surface area contributed by atoms with Crippen molar-refractivity contribution in [1.29, 1.82) is 0 Å². The second-order valence-corrected chi connectivity index (χ2v) is 8.24. The highest BCUT2D eigenvalue weighted by Crippen LogP contribution is 2.44. The van der Waals surface area contributed by atoms with Gasteiger partial charge in [-0.1, -0.05) is 35.3 Å². The van der Waals surface area contributed by atoms with Gasteiger partial charge >= 0.3 is 6.18 Å². The van der Waals surface area contributed by atoms with Crippen LogP contribution in [0.1, 0.15) is 42.7 Å². The summed E-state index contributed by atoms with van der Waals surface area (Å²) in [7, 11) is 0. The predicted octanol–water partition coefficient (Wildman–Crippen LogP) is 6.54. The number of carbonyl (C=O) groups excluding carboxylic acids is 2. The lowest BCUT2D eigenvalue weighted by Crippen LogP contribution is -2.40. The molecule has 2 aromatic carbocycles. The number of hydrogen-bond acceptors (Lipinski definition) is 2. The molecule has 0 spiro atoms. The smallest absolute Gasteiger partial charge is 0.294 e. The minimum Gasteiger partial charge on any atom is -0.294 e. The first-order chi connectivity index (χ1) is 14.1. The van der Waals surface area contributed by atoms with Gasteiger partial charge in [-0.25, -0.2) is 0 Å². The molecule has 0 aromatic heterocycles. The highest BCUT2D eigenvalue weighted by Gasteiger charge is 2.40. The van der Waals surface area contributed by atoms with Crippen LogP contribution >= 0.6 is 23.2 Å². The van der Waals surface area contributed by atoms with Gasteiger partial charge in [0, 0.05) is 40.1 Å². The summed E-state index contributed by atoms with van der Waals surface area (Å²) in [6.45, 7) is 0. The summed E-state index contributed by atoms with van der Waals surface area (Å²) >= 11 is 12.2. The van der Waals surface area contributed by atoms with Gasteiger partial charge in [-0.2, -0.15) is 13.2 Å². The van der Waals surface area contributed by atoms with E-state index >= 15 is 0 Å². The molecule has 0 bridgehead atoms. The van der Waals surface area contributed by atoms with E-state index in [9.17, 15) is 22.8 Å². The van der Waals surface area contributed by atoms with Crippen LogP contribution in [0.4, 0.5) is 18.9 Å². The highest BCUT2D eigenvalue weighted by atomic mass is 35.5. The zero-order valence-corrected chi connectivity index (χ0v) is 17.1. The third kappa shape index (κ3) is 3.86. The summed E-state index contributed by atoms with van der Waals surface area (Å²) in [5, 5.41) is 0.721. The van der Waals surface area contributed by atoms with Crippen LogP contribution in [0.3, 0.4) is 0 Å². The first kappa shape index (κ1) is 20.9. The molecule has 0 N–H and O–H groups in total. The van der Waals surface area contributed by atoms with Gasteiger partial charge in [0.1, 0.15) is 0 Å². The van der Waals surface area contributed by atoms with Crippen LogP contribution in [0, 0.1) is 0 Å². The van der Waals surface area contributed by atoms with E-state index in [1.54, 1.807) is 18.2 Å². The minimum absolute atomic E-state index is 0.0277. The van der Waals surface area contributed by atoms with Gasteiger partial charge in [0.25, 0.3) is 0 Å². The molecule has 0 saturated heterocycles. The predicted molar refractivity (Wildman–Crippen MR) is 109 cm³/mol. The molecule has 156 valence electrons. The number of ketones is 1. The van der Waals surface area contributed by atoms with E-state index < -0.39 is 17.7 Å². The SMILES string of the molecule is O=C1CCCC2=C1C(c1ccc(C(F)(F)F)cc1)CC(=O)N2c1cc(Cl)cc(Cl)c1. The summed E-state index contributed by atoms with van der Waals surface area (Å²) < 4.78 is 38.7. The Bertz CT molecular complexity index is 1040. The second-order valence-electron chi connectivity index (χ2n) is 7.37. The first-order valence-corrected chi connectivity index (χ1v) is 10.1. The van der Waals surface area contributed by atoms with Crippen LogP contribution in [-0.2, 0) is 15.8 Å². The molecule has 3 nitrogen and oxygen atoms in total. The molecule has 4 rings (SSSR count). The van der Waals surface area contributed by atoms with Crippen LogP contribution in [0.15, 0.2) is 53.7 Å². The number of hydrogen-bond donors (Lipinski definition) is 0. The first-order valence-electron chi connectivity index (χ1n) is 9.37. The lowest BCUT2D eigenvalue weighted by molar-refractivity contribution is -0.137. The molecule has 30 heavy (non-hydrogen) atoms. The van der Waals surface area contributed by atoms with Crippen molar-refractivity contribution in [1.82, 2.24) is 0 Å². The van der Waals surface area contributed by atoms with Crippen molar-refractivity contribution in [2.45, 2.75) is 37.8 Å². The van der Waals surface area contributed by atoms with Crippen molar-refractivity contribution >= 4 is 40.6 Å². The Kier molecular flexibility index (Phi) is 5.41. The summed E-state index contributed by atoms with van der Waals surface area (Å²) in [5.74, 6) is -0.924. The molecule has 1 unspecified atom stereocenters. The quantitative estimate of drug-likeness (QED) is 0.517. The van der Waals surface area contributed by atoms with Gasteiger partial charge < -0.3 is 0 Å². The summed E-state index contributed by atoms with van der Waals surface area (Å²) in [6, 6.07) is 9.42. The standard InChI is InChI=1S/C22H16Cl2F3NO2/c23-14-8-15(24)10-16(9-14)28-18-2-1-3-19(29)21(18)17(11-20(28)30)12-4-6-13(7-5-12)22(25,26)27/h4-10,17H,1-3,11H2. The molecular formula is C22H16Cl2F3NO2. The average Bonchev–Trinajstić information content (AvgIpc) is 2.66. The molecule has 8 heteroatoms. The molecule has 2 aliphatic rings. The second kappa shape index (κ2) is 7.75. The minimum atomic E-state index is -4.45. The molecule has 1 amide bonds. The molecule has 1 atom stereocenters. The summed E-state index contributed by atoms with van der Waals surface area (Å²) in [4.78, 5) is 27.4. The number of anilines is 1. The van der Waals surface area contributed by atoms with Crippen LogP contribution in [-0.4, -0.2) is 11.7 Å². The summed E-state index contributed by atoms with van der Waals surface area (Å²) in [6.07, 6.45) is -3.04. The van der Waals surface area contributed by atoms with E-state index in [0.717, 1.165) is 12.1 Å². The van der Waals surface area contributed by atoms with Crippen LogP contribution < -0.4 is 4.90 Å². The number of rotatable bonds is 2. The Morgan fingerprint density at radius 1 is 0.933 bits per heavy atom. The van der Waals surface area contributed by atoms with Gasteiger partial charge in [0.05, 0.1) is 11.3 Å². The fourth-order valence-corrected chi connectivity index (χ4v) is 4.66. The molecule has 0 fully saturated rings. The summed E-state index contributed by atoms with van der Waals surface area (Å²) in [5.41, 5.74) is 1.28. The Balaban J connectivity index is 1.81. The van der Waals surface area contributed by atoms with Crippen LogP contribution in [0.25, 0.3) is 0 Å². The van der Waals surface area contributed by atoms with Gasteiger partial charge in [0.2, 0.25) is 5.91 Å². The number of amides is 1. The normalized spacial score (nSPS) is 19.9. The topological polar surface area (TPSA) is 37.4 Å². The number of alkyl halides is 3. The maximum absolute atomic E-state index is 13.1. The fraction of sp³-hybridized carbons (Fsp3) is 0.273. The number of nitrogens with zero attached hydrogens (tertiary/aromatic N) is 1. The van der Waals surface area contributed by atoms with Crippen LogP contribution in [0.5, 0.6) is 0 Å². The number of halogens is 5. The monoisotopic (exact) mass is 453 g/mol. The van der Waals surface area contributed by atoms with Crippen molar-refractivity contribution in [2.24, 2.45) is 0 Å². The van der Waals surface area contributed by atoms with Crippen molar-refractivity contribution in [3.05, 3.63) is 74.9 Å². The van der Waals surface area contributed by atoms with Crippen molar-refractivity contribution in [3.63, 3.8) is 0 Å². The van der Waals surface area contributed by atoms with Gasteiger partial charge in [0.15, 0.2) is 5.78 Å². The lowest BCUT2D eigenvalue weighted by atomic mass is 9.77. The molecular weight excluding hydrogens is 438 g/mol. The Morgan fingerprint density at radius 3 is 2.17 bits per heavy atom. The lowest BCUT2D eigenvalue weighted by Gasteiger charge is -2.38. The Labute approximate surface area is 181 Å². The van der Waals surface area contributed by atoms with Gasteiger partial charge in [-0.15, -0.1) is 0 Å². The molecule has 0 saturated carbocycles. The maximum Gasteiger partial charge on any atom is 0.416 e. The van der Waals surface area contributed by atoms with E-state index in [-0.39, 0.29) is 18.1 Å². The zero-order valence-electron chi connectivity index (χ0n) is 15.6. The third-order valence-electron chi connectivity index (χ3n) is 5.42. The number of Topliss-reactive ketones (excluding diaryl/α,β-unsaturated/α-hetero) is 1. The van der Waals surface area contributed by atoms with Crippen molar-refractivity contribution in [3.8, 4) is 0 Å². The number of allylic oxidation sites excluding steroid dienone is 2. The highest BCUT2D eigenvalue weighted by molar-refractivity contribution is 6.35. The fourth-order valence-electron chi connectivity index (χ4n) is 4.15. The van der Waals surface area contributed by atoms with E-state index in [1.807, 2.05) is 0 Å². The molecule has 1 aliphatic carbocycles. The molecule has 1 aliphatic heterocycles. The molecule has 1 heterocycles. The molecule has 0 radical (unpaired) electrons. The largest absolute Gasteiger partial charge is 0.416 e. The Morgan fingerprint density at radius 2 is 1.57 bits per heavy atom. The van der Waals surface area contributed by atoms with E-state index in [2.05, 4.69) is 0 Å². The van der Waals surface area contributed by atoms with Crippen LogP contribution in [0.2, 0.25) is 10.0 Å². The number of benzene rings is 2. The Hall–Kier alpha value is -2.31. The van der Waals surface area contributed by atoms with E-state index in [4.69, 9.17) is 23.2 Å². The molecule has 2 aromatic rings.